The molecule has 1 heterocycles. The summed E-state index contributed by atoms with van der Waals surface area (Å²) < 4.78 is 49.9. The van der Waals surface area contributed by atoms with Crippen LogP contribution >= 0.6 is 0 Å². The summed E-state index contributed by atoms with van der Waals surface area (Å²) in [4.78, 5) is -0.306. The Morgan fingerprint density at radius 2 is 1.81 bits per heavy atom. The zero-order valence-corrected chi connectivity index (χ0v) is 13.1. The van der Waals surface area contributed by atoms with Crippen molar-refractivity contribution in [2.45, 2.75) is 35.1 Å². The number of benzene rings is 1. The van der Waals surface area contributed by atoms with E-state index in [4.69, 9.17) is 5.14 Å². The molecule has 4 N–H and O–H groups in total. The molecule has 118 valence electrons. The number of rotatable bonds is 4. The van der Waals surface area contributed by atoms with Gasteiger partial charge < -0.3 is 5.32 Å². The molecule has 0 aromatic heterocycles. The van der Waals surface area contributed by atoms with Crippen molar-refractivity contribution in [1.29, 1.82) is 0 Å². The normalized spacial score (nSPS) is 20.9. The Kier molecular flexibility index (Phi) is 4.99. The number of nitrogens with two attached hydrogens (primary N) is 1. The fourth-order valence-electron chi connectivity index (χ4n) is 2.24. The first-order valence-corrected chi connectivity index (χ1v) is 9.68. The number of sulfonamides is 2. The summed E-state index contributed by atoms with van der Waals surface area (Å²) in [5, 5.41) is 8.22. The summed E-state index contributed by atoms with van der Waals surface area (Å²) in [7, 11) is -7.68. The summed E-state index contributed by atoms with van der Waals surface area (Å²) in [6.07, 6.45) is 2.35. The second-order valence-electron chi connectivity index (χ2n) is 5.02. The van der Waals surface area contributed by atoms with E-state index in [0.29, 0.717) is 6.42 Å². The van der Waals surface area contributed by atoms with Crippen LogP contribution in [-0.2, 0) is 20.0 Å². The molecule has 1 aliphatic rings. The van der Waals surface area contributed by atoms with E-state index in [0.717, 1.165) is 32.0 Å². The van der Waals surface area contributed by atoms with E-state index in [-0.39, 0.29) is 15.8 Å². The zero-order valence-electron chi connectivity index (χ0n) is 11.4. The van der Waals surface area contributed by atoms with Crippen LogP contribution in [0.5, 0.6) is 0 Å². The Morgan fingerprint density at radius 1 is 1.10 bits per heavy atom. The van der Waals surface area contributed by atoms with Crippen LogP contribution in [0.3, 0.4) is 0 Å². The molecule has 1 fully saturated rings. The van der Waals surface area contributed by atoms with Crippen LogP contribution in [0.25, 0.3) is 0 Å². The lowest BCUT2D eigenvalue weighted by atomic mass is 10.1. The van der Waals surface area contributed by atoms with Crippen LogP contribution in [0.1, 0.15) is 19.3 Å². The van der Waals surface area contributed by atoms with Crippen molar-refractivity contribution in [2.75, 3.05) is 13.1 Å². The average molecular weight is 333 g/mol. The molecule has 0 spiro atoms. The summed E-state index contributed by atoms with van der Waals surface area (Å²) >= 11 is 0. The second-order valence-corrected chi connectivity index (χ2v) is 8.29. The SMILES string of the molecule is NS(=O)(=O)c1cccc(S(=O)(=O)NC2CCCNCC2)c1. The highest BCUT2D eigenvalue weighted by Gasteiger charge is 2.22. The summed E-state index contributed by atoms with van der Waals surface area (Å²) in [5.41, 5.74) is 0. The molecule has 1 aromatic rings. The molecule has 0 amide bonds. The molecule has 9 heteroatoms. The van der Waals surface area contributed by atoms with Gasteiger partial charge in [-0.3, -0.25) is 0 Å². The van der Waals surface area contributed by atoms with Crippen molar-refractivity contribution in [1.82, 2.24) is 10.0 Å². The van der Waals surface area contributed by atoms with Gasteiger partial charge in [-0.15, -0.1) is 0 Å². The van der Waals surface area contributed by atoms with E-state index in [1.54, 1.807) is 0 Å². The van der Waals surface area contributed by atoms with Crippen molar-refractivity contribution in [3.63, 3.8) is 0 Å². The van der Waals surface area contributed by atoms with Crippen molar-refractivity contribution in [2.24, 2.45) is 5.14 Å². The Bertz CT molecular complexity index is 693. The maximum absolute atomic E-state index is 12.3. The molecule has 21 heavy (non-hydrogen) atoms. The molecule has 1 aromatic carbocycles. The first-order valence-electron chi connectivity index (χ1n) is 6.65. The molecule has 1 unspecified atom stereocenters. The lowest BCUT2D eigenvalue weighted by molar-refractivity contribution is 0.518. The molecule has 0 aliphatic carbocycles. The minimum Gasteiger partial charge on any atom is -0.317 e. The Morgan fingerprint density at radius 3 is 2.52 bits per heavy atom. The van der Waals surface area contributed by atoms with Crippen LogP contribution < -0.4 is 15.2 Å². The number of nitrogens with one attached hydrogen (secondary N) is 2. The monoisotopic (exact) mass is 333 g/mol. The van der Waals surface area contributed by atoms with Gasteiger partial charge in [0.25, 0.3) is 0 Å². The van der Waals surface area contributed by atoms with E-state index >= 15 is 0 Å². The molecule has 1 atom stereocenters. The summed E-state index contributed by atoms with van der Waals surface area (Å²) in [5.74, 6) is 0. The highest BCUT2D eigenvalue weighted by Crippen LogP contribution is 2.16. The van der Waals surface area contributed by atoms with Gasteiger partial charge in [0, 0.05) is 6.04 Å². The maximum Gasteiger partial charge on any atom is 0.240 e. The number of primary sulfonamides is 1. The smallest absolute Gasteiger partial charge is 0.240 e. The molecule has 0 bridgehead atoms. The predicted molar refractivity (Wildman–Crippen MR) is 78.6 cm³/mol. The zero-order chi connectivity index (χ0) is 15.5. The first-order chi connectivity index (χ1) is 9.79. The molecule has 1 saturated heterocycles. The minimum atomic E-state index is -3.93. The van der Waals surface area contributed by atoms with Crippen molar-refractivity contribution >= 4 is 20.0 Å². The van der Waals surface area contributed by atoms with Crippen molar-refractivity contribution in [3.05, 3.63) is 24.3 Å². The van der Waals surface area contributed by atoms with E-state index < -0.39 is 20.0 Å². The second kappa shape index (κ2) is 6.41. The lowest BCUT2D eigenvalue weighted by Gasteiger charge is -2.16. The third-order valence-corrected chi connectivity index (χ3v) is 5.77. The molecular formula is C12H19N3O4S2. The quantitative estimate of drug-likeness (QED) is 0.702. The van der Waals surface area contributed by atoms with E-state index in [1.807, 2.05) is 0 Å². The van der Waals surface area contributed by atoms with Gasteiger partial charge in [-0.05, 0) is 50.6 Å². The van der Waals surface area contributed by atoms with Crippen LogP contribution in [0, 0.1) is 0 Å². The van der Waals surface area contributed by atoms with E-state index in [9.17, 15) is 16.8 Å². The first kappa shape index (κ1) is 16.4. The fraction of sp³-hybridized carbons (Fsp3) is 0.500. The standard InChI is InChI=1S/C12H19N3O4S2/c13-20(16,17)11-4-1-5-12(9-11)21(18,19)15-10-3-2-7-14-8-6-10/h1,4-5,9-10,14-15H,2-3,6-8H2,(H2,13,16,17). The predicted octanol–water partition coefficient (Wildman–Crippen LogP) is -0.246. The highest BCUT2D eigenvalue weighted by atomic mass is 32.2. The van der Waals surface area contributed by atoms with Gasteiger partial charge in [0.1, 0.15) is 0 Å². The van der Waals surface area contributed by atoms with Gasteiger partial charge in [-0.2, -0.15) is 0 Å². The third kappa shape index (κ3) is 4.48. The lowest BCUT2D eigenvalue weighted by Crippen LogP contribution is -2.35. The molecular weight excluding hydrogens is 314 g/mol. The largest absolute Gasteiger partial charge is 0.317 e. The summed E-state index contributed by atoms with van der Waals surface area (Å²) in [6, 6.07) is 4.91. The molecule has 0 saturated carbocycles. The van der Waals surface area contributed by atoms with Gasteiger partial charge in [0.15, 0.2) is 0 Å². The van der Waals surface area contributed by atoms with Crippen LogP contribution in [0.2, 0.25) is 0 Å². The third-order valence-electron chi connectivity index (χ3n) is 3.34. The fourth-order valence-corrected chi connectivity index (χ4v) is 4.23. The Labute approximate surface area is 125 Å². The van der Waals surface area contributed by atoms with Crippen LogP contribution in [0.15, 0.2) is 34.1 Å². The van der Waals surface area contributed by atoms with Crippen molar-refractivity contribution < 1.29 is 16.8 Å². The molecule has 7 nitrogen and oxygen atoms in total. The highest BCUT2D eigenvalue weighted by molar-refractivity contribution is 7.90. The number of hydrogen-bond donors (Lipinski definition) is 3. The van der Waals surface area contributed by atoms with Crippen LogP contribution in [0.4, 0.5) is 0 Å². The van der Waals surface area contributed by atoms with Crippen molar-refractivity contribution in [3.8, 4) is 0 Å². The van der Waals surface area contributed by atoms with E-state index in [1.165, 1.54) is 18.2 Å². The van der Waals surface area contributed by atoms with Gasteiger partial charge in [0.2, 0.25) is 20.0 Å². The minimum absolute atomic E-state index is 0.0915. The van der Waals surface area contributed by atoms with Gasteiger partial charge in [-0.1, -0.05) is 6.07 Å². The average Bonchev–Trinajstić information content (AvgIpc) is 2.66. The molecule has 0 radical (unpaired) electrons. The van der Waals surface area contributed by atoms with E-state index in [2.05, 4.69) is 10.0 Å². The van der Waals surface area contributed by atoms with Gasteiger partial charge in [-0.25, -0.2) is 26.7 Å². The summed E-state index contributed by atoms with van der Waals surface area (Å²) in [6.45, 7) is 1.63. The van der Waals surface area contributed by atoms with Gasteiger partial charge in [0.05, 0.1) is 9.79 Å². The van der Waals surface area contributed by atoms with Crippen LogP contribution in [-0.4, -0.2) is 36.0 Å². The maximum atomic E-state index is 12.3. The van der Waals surface area contributed by atoms with Gasteiger partial charge >= 0.3 is 0 Å². The Hall–Kier alpha value is -1.00. The molecule has 1 aliphatic heterocycles. The Balaban J connectivity index is 2.23. The molecule has 2 rings (SSSR count). The topological polar surface area (TPSA) is 118 Å². The number of hydrogen-bond acceptors (Lipinski definition) is 5.